The summed E-state index contributed by atoms with van der Waals surface area (Å²) in [4.78, 5) is 27.1. The average molecular weight is 367 g/mol. The van der Waals surface area contributed by atoms with Crippen LogP contribution in [-0.4, -0.2) is 30.4 Å². The molecule has 0 fully saturated rings. The van der Waals surface area contributed by atoms with Gasteiger partial charge in [0.05, 0.1) is 7.11 Å². The summed E-state index contributed by atoms with van der Waals surface area (Å²) < 4.78 is 5.37. The molecule has 0 aliphatic carbocycles. The zero-order chi connectivity index (χ0) is 18.7. The van der Waals surface area contributed by atoms with Gasteiger partial charge < -0.3 is 4.74 Å². The van der Waals surface area contributed by atoms with Gasteiger partial charge in [0.2, 0.25) is 0 Å². The number of imide groups is 1. The van der Waals surface area contributed by atoms with E-state index in [1.807, 2.05) is 49.6 Å². The summed E-state index contributed by atoms with van der Waals surface area (Å²) in [5, 5.41) is 2.00. The minimum Gasteiger partial charge on any atom is -0.496 e. The molecule has 1 unspecified atom stereocenters. The number of benzene rings is 1. The third-order valence-corrected chi connectivity index (χ3v) is 5.58. The van der Waals surface area contributed by atoms with Crippen LogP contribution >= 0.6 is 11.3 Å². The predicted octanol–water partition coefficient (Wildman–Crippen LogP) is 4.10. The molecule has 0 saturated heterocycles. The highest BCUT2D eigenvalue weighted by Gasteiger charge is 2.26. The molecular weight excluding hydrogens is 346 g/mol. The van der Waals surface area contributed by atoms with E-state index in [-0.39, 0.29) is 17.7 Å². The first-order valence-electron chi connectivity index (χ1n) is 8.40. The van der Waals surface area contributed by atoms with E-state index in [2.05, 4.69) is 0 Å². The molecule has 2 heterocycles. The fourth-order valence-electron chi connectivity index (χ4n) is 2.94. The van der Waals surface area contributed by atoms with Gasteiger partial charge in [-0.3, -0.25) is 14.5 Å². The Hall–Kier alpha value is -2.66. The van der Waals surface area contributed by atoms with Crippen LogP contribution in [0.15, 0.2) is 47.9 Å². The lowest BCUT2D eigenvalue weighted by Crippen LogP contribution is -2.39. The zero-order valence-corrected chi connectivity index (χ0v) is 15.9. The Balaban J connectivity index is 1.77. The molecule has 0 bridgehead atoms. The van der Waals surface area contributed by atoms with Crippen LogP contribution in [0.2, 0.25) is 0 Å². The monoisotopic (exact) mass is 367 g/mol. The van der Waals surface area contributed by atoms with Crippen molar-refractivity contribution in [1.29, 1.82) is 0 Å². The van der Waals surface area contributed by atoms with Gasteiger partial charge in [0.25, 0.3) is 11.8 Å². The van der Waals surface area contributed by atoms with Gasteiger partial charge in [-0.15, -0.1) is 11.3 Å². The Bertz CT molecular complexity index is 881. The Kier molecular flexibility index (Phi) is 5.38. The molecular formula is C21H21NO3S. The number of aryl methyl sites for hydroxylation is 1. The minimum absolute atomic E-state index is 0.0618. The van der Waals surface area contributed by atoms with Crippen LogP contribution in [0.3, 0.4) is 0 Å². The lowest BCUT2D eigenvalue weighted by atomic mass is 10.0. The van der Waals surface area contributed by atoms with Crippen molar-refractivity contribution < 1.29 is 14.3 Å². The van der Waals surface area contributed by atoms with Crippen LogP contribution in [0.4, 0.5) is 0 Å². The summed E-state index contributed by atoms with van der Waals surface area (Å²) >= 11 is 1.63. The number of hydrogen-bond acceptors (Lipinski definition) is 4. The van der Waals surface area contributed by atoms with Crippen LogP contribution in [0.25, 0.3) is 6.08 Å². The molecule has 1 aliphatic heterocycles. The highest BCUT2D eigenvalue weighted by molar-refractivity contribution is 7.10. The van der Waals surface area contributed by atoms with Crippen LogP contribution in [0, 0.1) is 13.8 Å². The highest BCUT2D eigenvalue weighted by atomic mass is 32.1. The SMILES string of the molecule is COc1cc(/C=C/C(=O)N2CC(c3cccs3)C=CC2=O)cc(C)c1C. The van der Waals surface area contributed by atoms with E-state index in [4.69, 9.17) is 4.74 Å². The van der Waals surface area contributed by atoms with Gasteiger partial charge in [-0.25, -0.2) is 0 Å². The van der Waals surface area contributed by atoms with Gasteiger partial charge in [-0.1, -0.05) is 18.2 Å². The molecule has 0 saturated carbocycles. The number of amides is 2. The molecule has 2 aromatic rings. The van der Waals surface area contributed by atoms with Crippen molar-refractivity contribution in [3.63, 3.8) is 0 Å². The molecule has 2 amide bonds. The summed E-state index contributed by atoms with van der Waals surface area (Å²) in [6.07, 6.45) is 6.53. The molecule has 1 aliphatic rings. The summed E-state index contributed by atoms with van der Waals surface area (Å²) in [6.45, 7) is 4.37. The standard InChI is InChI=1S/C21H21NO3S/c1-14-11-16(12-18(25-3)15(14)2)6-8-20(23)22-13-17(7-9-21(22)24)19-5-4-10-26-19/h4-12,17H,13H2,1-3H3/b8-6+. The van der Waals surface area contributed by atoms with Crippen molar-refractivity contribution in [3.8, 4) is 5.75 Å². The maximum Gasteiger partial charge on any atom is 0.253 e. The van der Waals surface area contributed by atoms with Crippen molar-refractivity contribution >= 4 is 29.2 Å². The maximum atomic E-state index is 12.6. The van der Waals surface area contributed by atoms with Gasteiger partial charge in [0, 0.05) is 29.5 Å². The molecule has 1 aromatic heterocycles. The van der Waals surface area contributed by atoms with E-state index in [9.17, 15) is 9.59 Å². The van der Waals surface area contributed by atoms with E-state index in [0.29, 0.717) is 6.54 Å². The summed E-state index contributed by atoms with van der Waals surface area (Å²) in [6, 6.07) is 7.88. The van der Waals surface area contributed by atoms with Gasteiger partial charge in [0.1, 0.15) is 5.75 Å². The van der Waals surface area contributed by atoms with E-state index in [1.54, 1.807) is 24.5 Å². The zero-order valence-electron chi connectivity index (χ0n) is 15.1. The van der Waals surface area contributed by atoms with Gasteiger partial charge >= 0.3 is 0 Å². The smallest absolute Gasteiger partial charge is 0.253 e. The van der Waals surface area contributed by atoms with Crippen molar-refractivity contribution in [2.75, 3.05) is 13.7 Å². The number of carbonyl (C=O) groups is 2. The molecule has 26 heavy (non-hydrogen) atoms. The molecule has 4 nitrogen and oxygen atoms in total. The number of nitrogens with zero attached hydrogens (tertiary/aromatic N) is 1. The fraction of sp³-hybridized carbons (Fsp3) is 0.238. The van der Waals surface area contributed by atoms with Crippen LogP contribution < -0.4 is 4.74 Å². The Labute approximate surface area is 157 Å². The first-order chi connectivity index (χ1) is 12.5. The van der Waals surface area contributed by atoms with Gasteiger partial charge in [0.15, 0.2) is 0 Å². The lowest BCUT2D eigenvalue weighted by molar-refractivity contribution is -0.139. The van der Waals surface area contributed by atoms with E-state index in [0.717, 1.165) is 27.3 Å². The van der Waals surface area contributed by atoms with Gasteiger partial charge in [-0.2, -0.15) is 0 Å². The summed E-state index contributed by atoms with van der Waals surface area (Å²) in [5.41, 5.74) is 3.03. The van der Waals surface area contributed by atoms with Crippen LogP contribution in [-0.2, 0) is 9.59 Å². The Morgan fingerprint density at radius 1 is 1.35 bits per heavy atom. The molecule has 5 heteroatoms. The molecule has 3 rings (SSSR count). The Morgan fingerprint density at radius 2 is 2.15 bits per heavy atom. The second-order valence-corrected chi connectivity index (χ2v) is 7.25. The third kappa shape index (κ3) is 3.78. The van der Waals surface area contributed by atoms with Crippen molar-refractivity contribution in [2.45, 2.75) is 19.8 Å². The second kappa shape index (κ2) is 7.70. The Morgan fingerprint density at radius 3 is 2.85 bits per heavy atom. The number of carbonyl (C=O) groups excluding carboxylic acids is 2. The molecule has 0 N–H and O–H groups in total. The number of methoxy groups -OCH3 is 1. The predicted molar refractivity (Wildman–Crippen MR) is 104 cm³/mol. The quantitative estimate of drug-likeness (QED) is 0.765. The van der Waals surface area contributed by atoms with Gasteiger partial charge in [-0.05, 0) is 54.1 Å². The minimum atomic E-state index is -0.307. The molecule has 0 spiro atoms. The lowest BCUT2D eigenvalue weighted by Gasteiger charge is -2.25. The second-order valence-electron chi connectivity index (χ2n) is 6.27. The number of ether oxygens (including phenoxy) is 1. The molecule has 134 valence electrons. The maximum absolute atomic E-state index is 12.6. The molecule has 0 radical (unpaired) electrons. The van der Waals surface area contributed by atoms with Crippen molar-refractivity contribution in [1.82, 2.24) is 4.90 Å². The van der Waals surface area contributed by atoms with Crippen LogP contribution in [0.5, 0.6) is 5.75 Å². The number of rotatable bonds is 4. The largest absolute Gasteiger partial charge is 0.496 e. The molecule has 1 aromatic carbocycles. The normalized spacial score (nSPS) is 17.1. The first-order valence-corrected chi connectivity index (χ1v) is 9.28. The highest BCUT2D eigenvalue weighted by Crippen LogP contribution is 2.27. The van der Waals surface area contributed by atoms with Crippen LogP contribution in [0.1, 0.15) is 27.5 Å². The van der Waals surface area contributed by atoms with E-state index >= 15 is 0 Å². The average Bonchev–Trinajstić information content (AvgIpc) is 3.17. The third-order valence-electron chi connectivity index (χ3n) is 4.57. The summed E-state index contributed by atoms with van der Waals surface area (Å²) in [5.74, 6) is 0.266. The van der Waals surface area contributed by atoms with E-state index < -0.39 is 0 Å². The van der Waals surface area contributed by atoms with Crippen molar-refractivity contribution in [2.24, 2.45) is 0 Å². The summed E-state index contributed by atoms with van der Waals surface area (Å²) in [7, 11) is 1.63. The van der Waals surface area contributed by atoms with Crippen molar-refractivity contribution in [3.05, 3.63) is 69.4 Å². The number of hydrogen-bond donors (Lipinski definition) is 0. The first kappa shape index (κ1) is 18.1. The topological polar surface area (TPSA) is 46.6 Å². The fourth-order valence-corrected chi connectivity index (χ4v) is 3.74. The van der Waals surface area contributed by atoms with E-state index in [1.165, 1.54) is 17.1 Å². The molecule has 1 atom stereocenters. The number of thiophene rings is 1.